The average molecular weight is 204 g/mol. The minimum absolute atomic E-state index is 0.0256. The number of H-pyrrole nitrogens is 1. The molecule has 0 spiro atoms. The van der Waals surface area contributed by atoms with Gasteiger partial charge in [0.1, 0.15) is 0 Å². The fraction of sp³-hybridized carbons (Fsp3) is 0.143. The maximum Gasteiger partial charge on any atom is 0.288 e. The topological polar surface area (TPSA) is 116 Å². The third-order valence-corrected chi connectivity index (χ3v) is 1.54. The van der Waals surface area contributed by atoms with E-state index in [0.717, 1.165) is 5.69 Å². The molecule has 2 aromatic rings. The molecule has 0 aliphatic rings. The second-order valence-electron chi connectivity index (χ2n) is 2.67. The Balaban J connectivity index is 2.28. The minimum Gasteiger partial charge on any atom is -0.857 e. The number of tetrazole rings is 1. The van der Waals surface area contributed by atoms with Crippen molar-refractivity contribution in [2.75, 3.05) is 0 Å². The van der Waals surface area contributed by atoms with Crippen molar-refractivity contribution < 1.29 is 5.11 Å². The highest BCUT2D eigenvalue weighted by molar-refractivity contribution is 5.89. The standard InChI is InChI=1S/C7H7N7O/c1-4-2-9-5(3-8-4)6(15)10-7-11-13-14-12-7/h2-3H,1H3,(H2,10,11,12,13,14,15)/p-1. The number of rotatable bonds is 2. The molecule has 0 aliphatic carbocycles. The summed E-state index contributed by atoms with van der Waals surface area (Å²) in [6.45, 7) is 1.78. The summed E-state index contributed by atoms with van der Waals surface area (Å²) >= 11 is 0. The first kappa shape index (κ1) is 9.19. The summed E-state index contributed by atoms with van der Waals surface area (Å²) in [4.78, 5) is 11.4. The molecule has 8 heteroatoms. The second kappa shape index (κ2) is 3.78. The molecule has 2 rings (SSSR count). The van der Waals surface area contributed by atoms with Crippen molar-refractivity contribution in [1.82, 2.24) is 30.6 Å². The van der Waals surface area contributed by atoms with Gasteiger partial charge in [-0.15, -0.1) is 5.10 Å². The van der Waals surface area contributed by atoms with E-state index in [-0.39, 0.29) is 11.6 Å². The summed E-state index contributed by atoms with van der Waals surface area (Å²) in [6, 6.07) is 0. The van der Waals surface area contributed by atoms with Crippen LogP contribution in [0.4, 0.5) is 5.95 Å². The average Bonchev–Trinajstić information content (AvgIpc) is 2.71. The Morgan fingerprint density at radius 3 is 2.87 bits per heavy atom. The number of aryl methyl sites for hydroxylation is 1. The van der Waals surface area contributed by atoms with Crippen LogP contribution in [0.1, 0.15) is 11.4 Å². The number of hydrogen-bond donors (Lipinski definition) is 1. The van der Waals surface area contributed by atoms with Gasteiger partial charge in [0.05, 0.1) is 17.6 Å². The molecule has 1 N–H and O–H groups in total. The summed E-state index contributed by atoms with van der Waals surface area (Å²) in [6.07, 6.45) is 2.83. The van der Waals surface area contributed by atoms with Crippen LogP contribution in [0.15, 0.2) is 17.4 Å². The third kappa shape index (κ3) is 2.10. The first-order valence-corrected chi connectivity index (χ1v) is 4.04. The molecule has 0 saturated heterocycles. The number of aromatic nitrogens is 6. The molecule has 0 aromatic carbocycles. The molecule has 15 heavy (non-hydrogen) atoms. The molecular formula is C7H6N7O-. The van der Waals surface area contributed by atoms with Gasteiger partial charge in [-0.3, -0.25) is 9.97 Å². The fourth-order valence-electron chi connectivity index (χ4n) is 0.855. The molecule has 8 nitrogen and oxygen atoms in total. The van der Waals surface area contributed by atoms with Gasteiger partial charge in [0, 0.05) is 12.1 Å². The van der Waals surface area contributed by atoms with Crippen LogP contribution in [0.25, 0.3) is 0 Å². The smallest absolute Gasteiger partial charge is 0.288 e. The van der Waals surface area contributed by atoms with Gasteiger partial charge in [-0.25, -0.2) is 4.99 Å². The van der Waals surface area contributed by atoms with E-state index in [1.165, 1.54) is 12.4 Å². The molecule has 0 atom stereocenters. The third-order valence-electron chi connectivity index (χ3n) is 1.54. The number of hydrogen-bond acceptors (Lipinski definition) is 7. The largest absolute Gasteiger partial charge is 0.857 e. The second-order valence-corrected chi connectivity index (χ2v) is 2.67. The van der Waals surface area contributed by atoms with Gasteiger partial charge in [0.25, 0.3) is 5.95 Å². The molecule has 0 aliphatic heterocycles. The lowest BCUT2D eigenvalue weighted by Gasteiger charge is -2.06. The quantitative estimate of drug-likeness (QED) is 0.482. The highest BCUT2D eigenvalue weighted by Crippen LogP contribution is 2.00. The number of aliphatic imine (C=N–C) groups is 1. The zero-order chi connectivity index (χ0) is 10.7. The highest BCUT2D eigenvalue weighted by atomic mass is 16.3. The molecule has 0 saturated carbocycles. The van der Waals surface area contributed by atoms with E-state index in [9.17, 15) is 5.11 Å². The molecule has 0 bridgehead atoms. The van der Waals surface area contributed by atoms with Crippen LogP contribution in [0.3, 0.4) is 0 Å². The predicted molar refractivity (Wildman–Crippen MR) is 47.1 cm³/mol. The van der Waals surface area contributed by atoms with Crippen LogP contribution in [0.2, 0.25) is 0 Å². The summed E-state index contributed by atoms with van der Waals surface area (Å²) in [5.74, 6) is -0.578. The van der Waals surface area contributed by atoms with Crippen molar-refractivity contribution in [2.24, 2.45) is 4.99 Å². The van der Waals surface area contributed by atoms with Crippen molar-refractivity contribution in [3.63, 3.8) is 0 Å². The lowest BCUT2D eigenvalue weighted by Crippen LogP contribution is -2.20. The summed E-state index contributed by atoms with van der Waals surface area (Å²) < 4.78 is 0. The normalized spacial score (nSPS) is 11.7. The molecule has 2 aromatic heterocycles. The zero-order valence-corrected chi connectivity index (χ0v) is 7.75. The monoisotopic (exact) mass is 204 g/mol. The van der Waals surface area contributed by atoms with Gasteiger partial charge in [-0.1, -0.05) is 5.10 Å². The Morgan fingerprint density at radius 2 is 2.27 bits per heavy atom. The van der Waals surface area contributed by atoms with Crippen LogP contribution >= 0.6 is 0 Å². The summed E-state index contributed by atoms with van der Waals surface area (Å²) in [5.41, 5.74) is 0.872. The molecule has 0 amide bonds. The molecule has 0 unspecified atom stereocenters. The maximum atomic E-state index is 11.4. The summed E-state index contributed by atoms with van der Waals surface area (Å²) in [5, 5.41) is 23.9. The van der Waals surface area contributed by atoms with Gasteiger partial charge >= 0.3 is 0 Å². The van der Waals surface area contributed by atoms with Crippen molar-refractivity contribution in [2.45, 2.75) is 6.92 Å². The maximum absolute atomic E-state index is 11.4. The molecule has 0 radical (unpaired) electrons. The van der Waals surface area contributed by atoms with E-state index in [1.54, 1.807) is 6.92 Å². The van der Waals surface area contributed by atoms with Crippen LogP contribution in [0, 0.1) is 6.92 Å². The van der Waals surface area contributed by atoms with Gasteiger partial charge < -0.3 is 5.11 Å². The lowest BCUT2D eigenvalue weighted by molar-refractivity contribution is -0.213. The van der Waals surface area contributed by atoms with Crippen LogP contribution in [0.5, 0.6) is 0 Å². The van der Waals surface area contributed by atoms with Crippen LogP contribution in [-0.2, 0) is 0 Å². The Hall–Kier alpha value is -2.38. The van der Waals surface area contributed by atoms with E-state index in [0.29, 0.717) is 0 Å². The van der Waals surface area contributed by atoms with Gasteiger partial charge in [-0.2, -0.15) is 5.21 Å². The molecule has 0 fully saturated rings. The lowest BCUT2D eigenvalue weighted by atomic mass is 10.4. The van der Waals surface area contributed by atoms with E-state index >= 15 is 0 Å². The van der Waals surface area contributed by atoms with E-state index < -0.39 is 5.90 Å². The van der Waals surface area contributed by atoms with Crippen molar-refractivity contribution >= 4 is 11.8 Å². The predicted octanol–water partition coefficient (Wildman–Crippen LogP) is -1.26. The van der Waals surface area contributed by atoms with Gasteiger partial charge in [-0.05, 0) is 12.1 Å². The number of nitrogens with zero attached hydrogens (tertiary/aromatic N) is 6. The van der Waals surface area contributed by atoms with Gasteiger partial charge in [0.2, 0.25) is 0 Å². The van der Waals surface area contributed by atoms with Crippen LogP contribution < -0.4 is 5.11 Å². The Kier molecular flexibility index (Phi) is 2.31. The van der Waals surface area contributed by atoms with Crippen molar-refractivity contribution in [1.29, 1.82) is 0 Å². The summed E-state index contributed by atoms with van der Waals surface area (Å²) in [7, 11) is 0. The molecular weight excluding hydrogens is 198 g/mol. The van der Waals surface area contributed by atoms with E-state index in [2.05, 4.69) is 35.6 Å². The Bertz CT molecular complexity index is 461. The van der Waals surface area contributed by atoms with E-state index in [1.807, 2.05) is 0 Å². The van der Waals surface area contributed by atoms with Crippen molar-refractivity contribution in [3.05, 3.63) is 23.8 Å². The first-order chi connectivity index (χ1) is 7.25. The highest BCUT2D eigenvalue weighted by Gasteiger charge is 1.97. The fourth-order valence-corrected chi connectivity index (χ4v) is 0.855. The van der Waals surface area contributed by atoms with Crippen molar-refractivity contribution in [3.8, 4) is 0 Å². The SMILES string of the molecule is Cc1cnc(C([O-])=Nc2nn[nH]n2)cn1. The zero-order valence-electron chi connectivity index (χ0n) is 7.75. The molecule has 76 valence electrons. The Labute approximate surface area is 84.1 Å². The Morgan fingerprint density at radius 1 is 1.40 bits per heavy atom. The minimum atomic E-state index is -0.552. The molecule has 2 heterocycles. The number of nitrogens with one attached hydrogen (secondary N) is 1. The number of aromatic amines is 1. The van der Waals surface area contributed by atoms with Crippen LogP contribution in [-0.4, -0.2) is 36.5 Å². The van der Waals surface area contributed by atoms with Gasteiger partial charge in [0.15, 0.2) is 0 Å². The van der Waals surface area contributed by atoms with E-state index in [4.69, 9.17) is 0 Å². The first-order valence-electron chi connectivity index (χ1n) is 4.04.